The molecule has 0 bridgehead atoms. The number of thiophene rings is 1. The van der Waals surface area contributed by atoms with Crippen molar-refractivity contribution in [3.63, 3.8) is 0 Å². The van der Waals surface area contributed by atoms with Gasteiger partial charge >= 0.3 is 0 Å². The first-order valence-electron chi connectivity index (χ1n) is 5.94. The molecule has 3 nitrogen and oxygen atoms in total. The molecular formula is C13H19N3S. The van der Waals surface area contributed by atoms with E-state index in [0.717, 1.165) is 18.8 Å². The summed E-state index contributed by atoms with van der Waals surface area (Å²) in [6, 6.07) is 0.368. The van der Waals surface area contributed by atoms with E-state index in [0.29, 0.717) is 6.04 Å². The van der Waals surface area contributed by atoms with E-state index in [9.17, 15) is 0 Å². The van der Waals surface area contributed by atoms with Gasteiger partial charge in [-0.05, 0) is 35.4 Å². The summed E-state index contributed by atoms with van der Waals surface area (Å²) in [5.74, 6) is 1.13. The van der Waals surface area contributed by atoms with E-state index in [4.69, 9.17) is 0 Å². The van der Waals surface area contributed by atoms with Crippen LogP contribution >= 0.6 is 11.3 Å². The van der Waals surface area contributed by atoms with Gasteiger partial charge in [-0.2, -0.15) is 11.3 Å². The Kier molecular flexibility index (Phi) is 3.97. The minimum absolute atomic E-state index is 0.368. The first kappa shape index (κ1) is 12.3. The van der Waals surface area contributed by atoms with Gasteiger partial charge in [0.2, 0.25) is 0 Å². The van der Waals surface area contributed by atoms with Crippen LogP contribution in [-0.2, 0) is 13.5 Å². The molecule has 92 valence electrons. The van der Waals surface area contributed by atoms with Crippen molar-refractivity contribution in [1.82, 2.24) is 14.9 Å². The summed E-state index contributed by atoms with van der Waals surface area (Å²) in [5, 5.41) is 7.99. The van der Waals surface area contributed by atoms with Crippen LogP contribution in [0.2, 0.25) is 0 Å². The SMILES string of the molecule is CCNC(Cc1nccn1C)c1cscc1C. The van der Waals surface area contributed by atoms with Crippen molar-refractivity contribution in [3.05, 3.63) is 40.1 Å². The lowest BCUT2D eigenvalue weighted by atomic mass is 10.0. The lowest BCUT2D eigenvalue weighted by Crippen LogP contribution is -2.24. The van der Waals surface area contributed by atoms with Gasteiger partial charge in [-0.25, -0.2) is 4.98 Å². The molecule has 0 radical (unpaired) electrons. The highest BCUT2D eigenvalue weighted by Crippen LogP contribution is 2.24. The summed E-state index contributed by atoms with van der Waals surface area (Å²) in [4.78, 5) is 4.40. The molecule has 0 aromatic carbocycles. The first-order valence-corrected chi connectivity index (χ1v) is 6.89. The van der Waals surface area contributed by atoms with Gasteiger partial charge < -0.3 is 9.88 Å². The standard InChI is InChI=1S/C13H19N3S/c1-4-14-12(11-9-17-8-10(11)2)7-13-15-5-6-16(13)3/h5-6,8-9,12,14H,4,7H2,1-3H3. The smallest absolute Gasteiger partial charge is 0.110 e. The quantitative estimate of drug-likeness (QED) is 0.883. The second-order valence-electron chi connectivity index (χ2n) is 4.28. The molecule has 1 N–H and O–H groups in total. The molecule has 1 atom stereocenters. The number of nitrogens with one attached hydrogen (secondary N) is 1. The van der Waals surface area contributed by atoms with Crippen molar-refractivity contribution in [2.45, 2.75) is 26.3 Å². The van der Waals surface area contributed by atoms with Gasteiger partial charge in [0, 0.05) is 31.9 Å². The van der Waals surface area contributed by atoms with Crippen molar-refractivity contribution in [2.75, 3.05) is 6.54 Å². The van der Waals surface area contributed by atoms with Crippen LogP contribution in [0, 0.1) is 6.92 Å². The number of imidazole rings is 1. The first-order chi connectivity index (χ1) is 8.22. The Morgan fingerprint density at radius 2 is 2.29 bits per heavy atom. The topological polar surface area (TPSA) is 29.9 Å². The fourth-order valence-corrected chi connectivity index (χ4v) is 2.95. The molecule has 1 unspecified atom stereocenters. The summed E-state index contributed by atoms with van der Waals surface area (Å²) in [5.41, 5.74) is 2.77. The number of aryl methyl sites for hydroxylation is 2. The van der Waals surface area contributed by atoms with Crippen LogP contribution in [0.15, 0.2) is 23.2 Å². The second-order valence-corrected chi connectivity index (χ2v) is 5.02. The van der Waals surface area contributed by atoms with E-state index in [1.54, 1.807) is 11.3 Å². The molecule has 4 heteroatoms. The Labute approximate surface area is 107 Å². The summed E-state index contributed by atoms with van der Waals surface area (Å²) in [7, 11) is 2.05. The molecule has 0 fully saturated rings. The van der Waals surface area contributed by atoms with Gasteiger partial charge in [-0.3, -0.25) is 0 Å². The molecule has 2 rings (SSSR count). The molecule has 0 spiro atoms. The number of hydrogen-bond donors (Lipinski definition) is 1. The average Bonchev–Trinajstić information content (AvgIpc) is 2.88. The van der Waals surface area contributed by atoms with Crippen molar-refractivity contribution < 1.29 is 0 Å². The summed E-state index contributed by atoms with van der Waals surface area (Å²) >= 11 is 1.77. The number of aromatic nitrogens is 2. The summed E-state index contributed by atoms with van der Waals surface area (Å²) in [6.45, 7) is 5.30. The second kappa shape index (κ2) is 5.47. The minimum atomic E-state index is 0.368. The van der Waals surface area contributed by atoms with E-state index in [2.05, 4.69) is 39.5 Å². The maximum absolute atomic E-state index is 4.40. The van der Waals surface area contributed by atoms with Crippen LogP contribution in [0.1, 0.15) is 29.9 Å². The fourth-order valence-electron chi connectivity index (χ4n) is 2.04. The zero-order valence-electron chi connectivity index (χ0n) is 10.6. The Hall–Kier alpha value is -1.13. The van der Waals surface area contributed by atoms with Crippen molar-refractivity contribution in [1.29, 1.82) is 0 Å². The Morgan fingerprint density at radius 1 is 1.47 bits per heavy atom. The van der Waals surface area contributed by atoms with Crippen LogP contribution in [0.25, 0.3) is 0 Å². The molecule has 2 heterocycles. The number of nitrogens with zero attached hydrogens (tertiary/aromatic N) is 2. The molecule has 0 amide bonds. The van der Waals surface area contributed by atoms with E-state index in [-0.39, 0.29) is 0 Å². The largest absolute Gasteiger partial charge is 0.338 e. The van der Waals surface area contributed by atoms with E-state index >= 15 is 0 Å². The van der Waals surface area contributed by atoms with Gasteiger partial charge in [0.25, 0.3) is 0 Å². The van der Waals surface area contributed by atoms with Crippen molar-refractivity contribution >= 4 is 11.3 Å². The molecular weight excluding hydrogens is 230 g/mol. The third-order valence-electron chi connectivity index (χ3n) is 3.03. The zero-order valence-corrected chi connectivity index (χ0v) is 11.4. The van der Waals surface area contributed by atoms with Crippen LogP contribution in [0.4, 0.5) is 0 Å². The Balaban J connectivity index is 2.19. The number of rotatable bonds is 5. The zero-order chi connectivity index (χ0) is 12.3. The molecule has 2 aromatic rings. The van der Waals surface area contributed by atoms with Crippen LogP contribution in [0.3, 0.4) is 0 Å². The lowest BCUT2D eigenvalue weighted by molar-refractivity contribution is 0.528. The fraction of sp³-hybridized carbons (Fsp3) is 0.462. The lowest BCUT2D eigenvalue weighted by Gasteiger charge is -2.17. The molecule has 0 aliphatic heterocycles. The number of hydrogen-bond acceptors (Lipinski definition) is 3. The number of likely N-dealkylation sites (N-methyl/N-ethyl adjacent to an activating group) is 1. The molecule has 0 aliphatic rings. The van der Waals surface area contributed by atoms with Gasteiger partial charge in [-0.1, -0.05) is 6.92 Å². The normalized spacial score (nSPS) is 12.9. The Morgan fingerprint density at radius 3 is 2.82 bits per heavy atom. The Bertz CT molecular complexity index is 472. The van der Waals surface area contributed by atoms with Crippen LogP contribution in [0.5, 0.6) is 0 Å². The highest BCUT2D eigenvalue weighted by molar-refractivity contribution is 7.08. The van der Waals surface area contributed by atoms with Crippen molar-refractivity contribution in [2.24, 2.45) is 7.05 Å². The van der Waals surface area contributed by atoms with E-state index < -0.39 is 0 Å². The monoisotopic (exact) mass is 249 g/mol. The summed E-state index contributed by atoms with van der Waals surface area (Å²) in [6.07, 6.45) is 4.80. The summed E-state index contributed by atoms with van der Waals surface area (Å²) < 4.78 is 2.09. The average molecular weight is 249 g/mol. The third kappa shape index (κ3) is 2.76. The molecule has 2 aromatic heterocycles. The van der Waals surface area contributed by atoms with Gasteiger partial charge in [0.1, 0.15) is 5.82 Å². The van der Waals surface area contributed by atoms with Crippen LogP contribution in [-0.4, -0.2) is 16.1 Å². The van der Waals surface area contributed by atoms with Gasteiger partial charge in [-0.15, -0.1) is 0 Å². The van der Waals surface area contributed by atoms with E-state index in [1.165, 1.54) is 11.1 Å². The molecule has 0 aliphatic carbocycles. The molecule has 0 saturated carbocycles. The predicted molar refractivity (Wildman–Crippen MR) is 72.4 cm³/mol. The van der Waals surface area contributed by atoms with Gasteiger partial charge in [0.15, 0.2) is 0 Å². The van der Waals surface area contributed by atoms with Crippen molar-refractivity contribution in [3.8, 4) is 0 Å². The molecule has 0 saturated heterocycles. The highest BCUT2D eigenvalue weighted by Gasteiger charge is 2.16. The maximum Gasteiger partial charge on any atom is 0.110 e. The maximum atomic E-state index is 4.40. The van der Waals surface area contributed by atoms with Gasteiger partial charge in [0.05, 0.1) is 0 Å². The van der Waals surface area contributed by atoms with E-state index in [1.807, 2.05) is 19.4 Å². The molecule has 17 heavy (non-hydrogen) atoms. The third-order valence-corrected chi connectivity index (χ3v) is 3.91. The minimum Gasteiger partial charge on any atom is -0.338 e. The van der Waals surface area contributed by atoms with Crippen LogP contribution < -0.4 is 5.32 Å². The predicted octanol–water partition coefficient (Wildman–Crippen LogP) is 2.68. The highest BCUT2D eigenvalue weighted by atomic mass is 32.1.